The van der Waals surface area contributed by atoms with Crippen molar-refractivity contribution in [1.29, 1.82) is 0 Å². The molecule has 2 aliphatic rings. The van der Waals surface area contributed by atoms with E-state index in [4.69, 9.17) is 10.7 Å². The van der Waals surface area contributed by atoms with Crippen molar-refractivity contribution in [3.05, 3.63) is 30.5 Å². The number of H-pyrrole nitrogens is 1. The number of rotatable bonds is 3. The molecule has 3 heterocycles. The van der Waals surface area contributed by atoms with Gasteiger partial charge in [0.15, 0.2) is 17.3 Å². The molecular weight excluding hydrogens is 354 g/mol. The predicted octanol–water partition coefficient (Wildman–Crippen LogP) is 2.05. The Hall–Kier alpha value is -3.16. The average Bonchev–Trinajstić information content (AvgIpc) is 3.11. The van der Waals surface area contributed by atoms with Gasteiger partial charge in [0.1, 0.15) is 5.82 Å². The van der Waals surface area contributed by atoms with Crippen molar-refractivity contribution in [3.63, 3.8) is 0 Å². The summed E-state index contributed by atoms with van der Waals surface area (Å²) >= 11 is 0. The van der Waals surface area contributed by atoms with Crippen LogP contribution in [-0.2, 0) is 4.79 Å². The molecule has 3 N–H and O–H groups in total. The number of imidazole rings is 1. The second kappa shape index (κ2) is 6.78. The number of aromatic amines is 1. The maximum absolute atomic E-state index is 12.4. The van der Waals surface area contributed by atoms with Crippen molar-refractivity contribution in [1.82, 2.24) is 24.8 Å². The van der Waals surface area contributed by atoms with Crippen LogP contribution in [0.25, 0.3) is 22.6 Å². The van der Waals surface area contributed by atoms with Gasteiger partial charge < -0.3 is 20.5 Å². The quantitative estimate of drug-likeness (QED) is 0.724. The Balaban J connectivity index is 1.35. The Morgan fingerprint density at radius 3 is 2.61 bits per heavy atom. The number of nitrogens with one attached hydrogen (secondary N) is 1. The molecular formula is C20H23N7O. The fourth-order valence-corrected chi connectivity index (χ4v) is 3.85. The van der Waals surface area contributed by atoms with Crippen LogP contribution in [0.15, 0.2) is 30.5 Å². The van der Waals surface area contributed by atoms with E-state index in [1.807, 2.05) is 29.2 Å². The summed E-state index contributed by atoms with van der Waals surface area (Å²) in [4.78, 5) is 33.5. The maximum atomic E-state index is 12.4. The zero-order valence-corrected chi connectivity index (χ0v) is 15.6. The molecule has 3 aromatic rings. The SMILES string of the molecule is Nc1ncc(N2CCN(C(=O)C3CCC3)CC2)nc1-c1nc2ccccc2[nH]1. The van der Waals surface area contributed by atoms with E-state index >= 15 is 0 Å². The monoisotopic (exact) mass is 377 g/mol. The van der Waals surface area contributed by atoms with Gasteiger partial charge in [-0.1, -0.05) is 18.6 Å². The zero-order chi connectivity index (χ0) is 19.1. The van der Waals surface area contributed by atoms with Crippen molar-refractivity contribution in [3.8, 4) is 11.5 Å². The lowest BCUT2D eigenvalue weighted by Crippen LogP contribution is -2.51. The summed E-state index contributed by atoms with van der Waals surface area (Å²) in [6.45, 7) is 2.94. The number of carbonyl (C=O) groups is 1. The molecule has 1 aliphatic heterocycles. The van der Waals surface area contributed by atoms with Crippen molar-refractivity contribution in [2.45, 2.75) is 19.3 Å². The Morgan fingerprint density at radius 2 is 1.89 bits per heavy atom. The number of nitrogens with zero attached hydrogens (tertiary/aromatic N) is 5. The molecule has 1 saturated heterocycles. The number of anilines is 2. The van der Waals surface area contributed by atoms with E-state index in [9.17, 15) is 4.79 Å². The summed E-state index contributed by atoms with van der Waals surface area (Å²) in [7, 11) is 0. The van der Waals surface area contributed by atoms with Crippen LogP contribution < -0.4 is 10.6 Å². The van der Waals surface area contributed by atoms with Crippen LogP contribution in [0.5, 0.6) is 0 Å². The third-order valence-electron chi connectivity index (χ3n) is 5.77. The first kappa shape index (κ1) is 17.0. The molecule has 1 aromatic carbocycles. The molecule has 28 heavy (non-hydrogen) atoms. The molecule has 5 rings (SSSR count). The van der Waals surface area contributed by atoms with E-state index < -0.39 is 0 Å². The third kappa shape index (κ3) is 2.94. The fraction of sp³-hybridized carbons (Fsp3) is 0.400. The van der Waals surface area contributed by atoms with Crippen LogP contribution in [0.2, 0.25) is 0 Å². The maximum Gasteiger partial charge on any atom is 0.225 e. The summed E-state index contributed by atoms with van der Waals surface area (Å²) in [6.07, 6.45) is 4.97. The van der Waals surface area contributed by atoms with Crippen molar-refractivity contribution < 1.29 is 4.79 Å². The number of amides is 1. The number of nitrogens with two attached hydrogens (primary N) is 1. The first-order chi connectivity index (χ1) is 13.7. The molecule has 0 spiro atoms. The number of hydrogen-bond acceptors (Lipinski definition) is 6. The number of fused-ring (bicyclic) bond motifs is 1. The van der Waals surface area contributed by atoms with Crippen LogP contribution in [0, 0.1) is 5.92 Å². The summed E-state index contributed by atoms with van der Waals surface area (Å²) in [6, 6.07) is 7.82. The van der Waals surface area contributed by atoms with Gasteiger partial charge in [-0.25, -0.2) is 15.0 Å². The molecule has 8 nitrogen and oxygen atoms in total. The molecule has 1 amide bonds. The molecule has 0 atom stereocenters. The summed E-state index contributed by atoms with van der Waals surface area (Å²) < 4.78 is 0. The number of piperazine rings is 1. The number of aromatic nitrogens is 4. The minimum absolute atomic E-state index is 0.252. The van der Waals surface area contributed by atoms with Crippen LogP contribution in [0.1, 0.15) is 19.3 Å². The highest BCUT2D eigenvalue weighted by molar-refractivity contribution is 5.81. The largest absolute Gasteiger partial charge is 0.382 e. The lowest BCUT2D eigenvalue weighted by molar-refractivity contribution is -0.138. The molecule has 1 saturated carbocycles. The minimum Gasteiger partial charge on any atom is -0.382 e. The summed E-state index contributed by atoms with van der Waals surface area (Å²) in [5.41, 5.74) is 8.45. The van der Waals surface area contributed by atoms with Crippen LogP contribution in [0.4, 0.5) is 11.6 Å². The third-order valence-corrected chi connectivity index (χ3v) is 5.77. The Labute approximate surface area is 162 Å². The predicted molar refractivity (Wildman–Crippen MR) is 108 cm³/mol. The van der Waals surface area contributed by atoms with Crippen LogP contribution >= 0.6 is 0 Å². The number of carbonyl (C=O) groups excluding carboxylic acids is 1. The standard InChI is InChI=1S/C20H23N7O/c21-18-17(19-23-14-6-1-2-7-15(14)24-19)25-16(12-22-18)26-8-10-27(11-9-26)20(28)13-4-3-5-13/h1-2,6-7,12-13H,3-5,8-11H2,(H2,21,22)(H,23,24). The lowest BCUT2D eigenvalue weighted by atomic mass is 9.84. The van der Waals surface area contributed by atoms with Crippen molar-refractivity contribution >= 4 is 28.6 Å². The minimum atomic E-state index is 0.252. The van der Waals surface area contributed by atoms with E-state index in [2.05, 4.69) is 19.9 Å². The second-order valence-electron chi connectivity index (χ2n) is 7.50. The lowest BCUT2D eigenvalue weighted by Gasteiger charge is -2.38. The second-order valence-corrected chi connectivity index (χ2v) is 7.50. The molecule has 144 valence electrons. The number of hydrogen-bond donors (Lipinski definition) is 2. The van der Waals surface area contributed by atoms with Gasteiger partial charge in [0.05, 0.1) is 17.2 Å². The van der Waals surface area contributed by atoms with E-state index in [1.165, 1.54) is 6.42 Å². The first-order valence-electron chi connectivity index (χ1n) is 9.80. The first-order valence-corrected chi connectivity index (χ1v) is 9.80. The Bertz CT molecular complexity index is 985. The molecule has 1 aliphatic carbocycles. The molecule has 0 radical (unpaired) electrons. The average molecular weight is 377 g/mol. The molecule has 0 unspecified atom stereocenters. The van der Waals surface area contributed by atoms with Crippen LogP contribution in [0.3, 0.4) is 0 Å². The topological polar surface area (TPSA) is 104 Å². The number of para-hydroxylation sites is 2. The smallest absolute Gasteiger partial charge is 0.225 e. The van der Waals surface area contributed by atoms with E-state index in [-0.39, 0.29) is 5.92 Å². The highest BCUT2D eigenvalue weighted by Crippen LogP contribution is 2.29. The Kier molecular flexibility index (Phi) is 4.11. The molecule has 2 fully saturated rings. The van der Waals surface area contributed by atoms with Gasteiger partial charge in [-0.05, 0) is 25.0 Å². The normalized spacial score (nSPS) is 17.7. The summed E-state index contributed by atoms with van der Waals surface area (Å²) in [5.74, 6) is 2.30. The van der Waals surface area contributed by atoms with Gasteiger partial charge in [-0.15, -0.1) is 0 Å². The Morgan fingerprint density at radius 1 is 1.11 bits per heavy atom. The van der Waals surface area contributed by atoms with Gasteiger partial charge in [0, 0.05) is 32.1 Å². The number of benzene rings is 1. The molecule has 2 aromatic heterocycles. The fourth-order valence-electron chi connectivity index (χ4n) is 3.85. The van der Waals surface area contributed by atoms with Gasteiger partial charge in [-0.3, -0.25) is 4.79 Å². The van der Waals surface area contributed by atoms with E-state index in [0.717, 1.165) is 55.9 Å². The molecule has 0 bridgehead atoms. The summed E-state index contributed by atoms with van der Waals surface area (Å²) in [5, 5.41) is 0. The van der Waals surface area contributed by atoms with E-state index in [1.54, 1.807) is 6.20 Å². The van der Waals surface area contributed by atoms with Crippen molar-refractivity contribution in [2.75, 3.05) is 36.8 Å². The van der Waals surface area contributed by atoms with Gasteiger partial charge in [0.2, 0.25) is 5.91 Å². The van der Waals surface area contributed by atoms with Gasteiger partial charge in [-0.2, -0.15) is 0 Å². The molecule has 8 heteroatoms. The van der Waals surface area contributed by atoms with Gasteiger partial charge in [0.25, 0.3) is 0 Å². The number of nitrogen functional groups attached to an aromatic ring is 1. The van der Waals surface area contributed by atoms with Crippen molar-refractivity contribution in [2.24, 2.45) is 5.92 Å². The highest BCUT2D eigenvalue weighted by atomic mass is 16.2. The van der Waals surface area contributed by atoms with E-state index in [0.29, 0.717) is 23.2 Å². The van der Waals surface area contributed by atoms with Crippen LogP contribution in [-0.4, -0.2) is 56.9 Å². The highest BCUT2D eigenvalue weighted by Gasteiger charge is 2.31. The van der Waals surface area contributed by atoms with Gasteiger partial charge >= 0.3 is 0 Å². The zero-order valence-electron chi connectivity index (χ0n) is 15.6.